The summed E-state index contributed by atoms with van der Waals surface area (Å²) in [6.07, 6.45) is 1.90. The van der Waals surface area contributed by atoms with E-state index in [-0.39, 0.29) is 98.6 Å². The molecule has 0 aromatic heterocycles. The molecule has 3 aromatic carbocycles. The van der Waals surface area contributed by atoms with Crippen molar-refractivity contribution >= 4 is 75.2 Å². The summed E-state index contributed by atoms with van der Waals surface area (Å²) in [6.45, 7) is 12.4. The van der Waals surface area contributed by atoms with E-state index in [0.717, 1.165) is 23.3 Å². The number of hydrogen-bond donors (Lipinski definition) is 6. The first-order valence-electron chi connectivity index (χ1n) is 29.0. The number of anilines is 2. The smallest absolute Gasteiger partial charge is 0.422 e. The number of aliphatic hydroxyl groups is 1. The number of hydrogen-bond acceptors (Lipinski definition) is 18. The van der Waals surface area contributed by atoms with Crippen LogP contribution >= 0.6 is 0 Å². The molecule has 1 saturated carbocycles. The molecule has 3 aromatic rings. The summed E-state index contributed by atoms with van der Waals surface area (Å²) in [4.78, 5) is 102. The number of carbonyl (C=O) groups is 7. The molecule has 0 bridgehead atoms. The van der Waals surface area contributed by atoms with E-state index in [0.29, 0.717) is 71.8 Å². The van der Waals surface area contributed by atoms with Crippen LogP contribution in [0, 0.1) is 29.6 Å². The second-order valence-corrected chi connectivity index (χ2v) is 24.0. The van der Waals surface area contributed by atoms with Gasteiger partial charge in [0, 0.05) is 74.8 Å². The molecule has 470 valence electrons. The molecule has 0 spiro atoms. The third-order valence-corrected chi connectivity index (χ3v) is 16.8. The zero-order valence-corrected chi connectivity index (χ0v) is 50.4. The highest BCUT2D eigenvalue weighted by atomic mass is 32.2. The molecule has 2 saturated heterocycles. The molecule has 4 aliphatic heterocycles. The van der Waals surface area contributed by atoms with Crippen LogP contribution in [0.15, 0.2) is 77.8 Å². The van der Waals surface area contributed by atoms with Crippen molar-refractivity contribution in [3.8, 4) is 34.8 Å². The maximum Gasteiger partial charge on any atom is 0.422 e. The van der Waals surface area contributed by atoms with E-state index < -0.39 is 82.9 Å². The lowest BCUT2D eigenvalue weighted by Crippen LogP contribution is -2.54. The second-order valence-electron chi connectivity index (χ2n) is 22.5. The summed E-state index contributed by atoms with van der Waals surface area (Å²) in [7, 11) is -1.40. The highest BCUT2D eigenvalue weighted by Crippen LogP contribution is 2.49. The topological polar surface area (TPSA) is 321 Å². The van der Waals surface area contributed by atoms with Gasteiger partial charge in [0.25, 0.3) is 11.8 Å². The van der Waals surface area contributed by atoms with Gasteiger partial charge in [0.2, 0.25) is 17.7 Å². The van der Waals surface area contributed by atoms with Crippen LogP contribution in [0.25, 0.3) is 0 Å². The minimum absolute atomic E-state index is 0.0132. The summed E-state index contributed by atoms with van der Waals surface area (Å²) >= 11 is 0. The number of fused-ring (bicyclic) bond motifs is 5. The molecule has 27 heteroatoms. The van der Waals surface area contributed by atoms with Gasteiger partial charge in [-0.25, -0.2) is 19.2 Å². The summed E-state index contributed by atoms with van der Waals surface area (Å²) in [5.74, 6) is 4.52. The fourth-order valence-corrected chi connectivity index (χ4v) is 11.9. The molecule has 88 heavy (non-hydrogen) atoms. The van der Waals surface area contributed by atoms with Crippen molar-refractivity contribution in [3.05, 3.63) is 89.5 Å². The summed E-state index contributed by atoms with van der Waals surface area (Å²) in [6, 6.07) is 9.28. The Balaban J connectivity index is 0.740. The Morgan fingerprint density at radius 2 is 1.43 bits per heavy atom. The quantitative estimate of drug-likeness (QED) is 0.0404. The number of ether oxygens (including phenoxy) is 7. The summed E-state index contributed by atoms with van der Waals surface area (Å²) in [5, 5.41) is 19.8. The van der Waals surface area contributed by atoms with E-state index in [9.17, 15) is 47.1 Å². The van der Waals surface area contributed by atoms with Crippen LogP contribution in [-0.4, -0.2) is 168 Å². The van der Waals surface area contributed by atoms with Crippen molar-refractivity contribution in [1.29, 1.82) is 0 Å². The highest BCUT2D eigenvalue weighted by Gasteiger charge is 2.52. The molecule has 2 aliphatic carbocycles. The van der Waals surface area contributed by atoms with E-state index in [4.69, 9.17) is 33.2 Å². The second kappa shape index (κ2) is 28.0. The van der Waals surface area contributed by atoms with Crippen molar-refractivity contribution in [2.45, 2.75) is 109 Å². The van der Waals surface area contributed by atoms with E-state index in [2.05, 4.69) is 50.7 Å². The number of rotatable bonds is 24. The van der Waals surface area contributed by atoms with Gasteiger partial charge in [-0.2, -0.15) is 13.1 Å². The van der Waals surface area contributed by atoms with Gasteiger partial charge in [0.15, 0.2) is 29.2 Å². The zero-order valence-electron chi connectivity index (χ0n) is 49.6. The van der Waals surface area contributed by atoms with E-state index in [1.807, 2.05) is 4.72 Å². The van der Waals surface area contributed by atoms with Gasteiger partial charge in [-0.3, -0.25) is 29.0 Å². The first kappa shape index (κ1) is 63.8. The van der Waals surface area contributed by atoms with Crippen LogP contribution in [0.3, 0.4) is 0 Å². The first-order valence-corrected chi connectivity index (χ1v) is 30.5. The fraction of sp³-hybridized carbons (Fsp3) is 0.475. The number of nitrogens with zero attached hydrogens (tertiary/aromatic N) is 4. The number of carbonyl (C=O) groups excluding carboxylic acids is 7. The average molecular weight is 1240 g/mol. The van der Waals surface area contributed by atoms with Gasteiger partial charge in [-0.05, 0) is 68.4 Å². The molecule has 26 nitrogen and oxygen atoms in total. The predicted octanol–water partition coefficient (Wildman–Crippen LogP) is 4.64. The largest absolute Gasteiger partial charge is 0.493 e. The average Bonchev–Trinajstić information content (AvgIpc) is 1.96. The molecular weight excluding hydrogens is 1160 g/mol. The number of nitrogens with one attached hydrogen (secondary N) is 5. The summed E-state index contributed by atoms with van der Waals surface area (Å²) < 4.78 is 68.8. The standard InChI is InChI=1S/C61H73N9O17S/c1-34(2)53(66-52(71)33-83-22-19-63-88(79,80)67-60(77)87-54-41-13-10-8-9-11-14-42(41)54)56(73)64-37(5)55(72)65-39-17-15-38(16-18-39)32-86-61(78)70-46-28-51(49(82-7)26-44(46)58(75)69-31-36(4)24-47(69)59(70)76)85-21-12-20-84-50-27-45-43(25-48(50)81-6)57(74)68-30-35(3)23-40(68)29-62-45/h15-18,25-29,34,37,40-42,47,53-54,59,63,76H,3-4,10-14,19-24,30-33H2,1-2,5-7H3,(H,64,73)(H,65,72)(H,66,71)(H,67,77)/t37-,40-,41-,42+,47-,53-,54?,59-/m0/s1. The van der Waals surface area contributed by atoms with Gasteiger partial charge >= 0.3 is 22.4 Å². The van der Waals surface area contributed by atoms with Crippen molar-refractivity contribution in [1.82, 2.24) is 29.9 Å². The maximum absolute atomic E-state index is 14.2. The Labute approximate surface area is 509 Å². The Morgan fingerprint density at radius 1 is 0.795 bits per heavy atom. The highest BCUT2D eigenvalue weighted by molar-refractivity contribution is 7.88. The molecule has 0 radical (unpaired) electrons. The lowest BCUT2D eigenvalue weighted by atomic mass is 10.0. The van der Waals surface area contributed by atoms with Crippen LogP contribution < -0.4 is 49.2 Å². The molecule has 6 N–H and O–H groups in total. The van der Waals surface area contributed by atoms with Crippen LogP contribution in [0.4, 0.5) is 26.7 Å². The SMILES string of the molecule is C=C1C[C@H]2C=Nc3cc(OCCCOc4cc5c(cc4OC)C(=O)N4CC(=C)C[C@H]4[C@H](O)N5C(=O)OCc4ccc(NC(=O)[C@H](C)NC(=O)[C@@H](NC(=O)COCCNS(=O)(=O)NC(=O)OC5[C@H]6CCC#CCC[C@@H]56)C(C)C)cc4)c(OC)cc3C(=O)N2C1. The van der Waals surface area contributed by atoms with Crippen molar-refractivity contribution in [2.24, 2.45) is 22.7 Å². The van der Waals surface area contributed by atoms with Gasteiger partial charge in [0.05, 0.1) is 68.6 Å². The van der Waals surface area contributed by atoms with E-state index in [1.54, 1.807) is 61.4 Å². The Morgan fingerprint density at radius 3 is 2.10 bits per heavy atom. The number of methoxy groups -OCH3 is 2. The van der Waals surface area contributed by atoms with Gasteiger partial charge in [0.1, 0.15) is 31.4 Å². The molecule has 4 heterocycles. The van der Waals surface area contributed by atoms with E-state index in [1.165, 1.54) is 38.2 Å². The molecule has 1 unspecified atom stereocenters. The minimum Gasteiger partial charge on any atom is -0.493 e. The third-order valence-electron chi connectivity index (χ3n) is 15.8. The fourth-order valence-electron chi connectivity index (χ4n) is 11.2. The molecule has 9 rings (SSSR count). The Kier molecular flexibility index (Phi) is 20.3. The number of benzene rings is 3. The van der Waals surface area contributed by atoms with Crippen LogP contribution in [0.2, 0.25) is 0 Å². The number of aliphatic hydroxyl groups excluding tert-OH is 1. The van der Waals surface area contributed by atoms with E-state index >= 15 is 0 Å². The zero-order chi connectivity index (χ0) is 63.0. The third kappa shape index (κ3) is 15.2. The number of amides is 7. The van der Waals surface area contributed by atoms with Crippen LogP contribution in [-0.2, 0) is 45.4 Å². The molecule has 3 fully saturated rings. The molecule has 6 aliphatic rings. The Bertz CT molecular complexity index is 3420. The van der Waals surface area contributed by atoms with Crippen molar-refractivity contribution in [2.75, 3.05) is 70.5 Å². The minimum atomic E-state index is -4.29. The first-order chi connectivity index (χ1) is 42.1. The predicted molar refractivity (Wildman–Crippen MR) is 319 cm³/mol. The lowest BCUT2D eigenvalue weighted by molar-refractivity contribution is -0.133. The van der Waals surface area contributed by atoms with Crippen LogP contribution in [0.1, 0.15) is 92.0 Å². The monoisotopic (exact) mass is 1240 g/mol. The number of aliphatic imine (C=N–C) groups is 1. The van der Waals surface area contributed by atoms with Crippen molar-refractivity contribution < 1.29 is 80.2 Å². The van der Waals surface area contributed by atoms with Gasteiger partial charge < -0.3 is 64.0 Å². The Hall–Kier alpha value is -8.71. The molecule has 7 amide bonds. The maximum atomic E-state index is 14.2. The van der Waals surface area contributed by atoms with Crippen LogP contribution in [0.5, 0.6) is 23.0 Å². The van der Waals surface area contributed by atoms with Crippen molar-refractivity contribution in [3.63, 3.8) is 0 Å². The van der Waals surface area contributed by atoms with Gasteiger partial charge in [-0.1, -0.05) is 50.3 Å². The molecule has 8 atom stereocenters. The normalized spacial score (nSPS) is 21.4. The lowest BCUT2D eigenvalue weighted by Gasteiger charge is -2.31. The summed E-state index contributed by atoms with van der Waals surface area (Å²) in [5.41, 5.74) is 3.36. The molecular formula is C61H73N9O17S. The van der Waals surface area contributed by atoms with Gasteiger partial charge in [-0.15, -0.1) is 11.8 Å².